The van der Waals surface area contributed by atoms with Crippen molar-refractivity contribution < 1.29 is 13.9 Å². The number of carbonyl (C=O) groups excluding carboxylic acids is 1. The fourth-order valence-corrected chi connectivity index (χ4v) is 1.89. The van der Waals surface area contributed by atoms with Crippen molar-refractivity contribution in [2.75, 3.05) is 7.11 Å². The molecule has 1 aromatic heterocycles. The van der Waals surface area contributed by atoms with Crippen molar-refractivity contribution in [2.45, 2.75) is 19.8 Å². The van der Waals surface area contributed by atoms with Crippen molar-refractivity contribution in [3.8, 4) is 17.0 Å². The lowest BCUT2D eigenvalue weighted by Crippen LogP contribution is -1.95. The Kier molecular flexibility index (Phi) is 3.46. The molecule has 0 amide bonds. The van der Waals surface area contributed by atoms with Gasteiger partial charge in [0.25, 0.3) is 0 Å². The second kappa shape index (κ2) is 5.04. The molecule has 4 nitrogen and oxygen atoms in total. The summed E-state index contributed by atoms with van der Waals surface area (Å²) >= 11 is 0. The van der Waals surface area contributed by atoms with Crippen LogP contribution in [-0.2, 0) is 0 Å². The number of aromatic nitrogens is 1. The van der Waals surface area contributed by atoms with Gasteiger partial charge in [-0.05, 0) is 29.7 Å². The molecule has 0 saturated carbocycles. The minimum Gasteiger partial charge on any atom is -0.496 e. The maximum atomic E-state index is 10.8. The zero-order valence-corrected chi connectivity index (χ0v) is 10.6. The maximum absolute atomic E-state index is 10.8. The number of oxazole rings is 1. The molecule has 0 aliphatic carbocycles. The van der Waals surface area contributed by atoms with Crippen LogP contribution in [0.15, 0.2) is 29.0 Å². The summed E-state index contributed by atoms with van der Waals surface area (Å²) in [6, 6.07) is 5.73. The number of methoxy groups -OCH3 is 1. The first-order valence-electron chi connectivity index (χ1n) is 5.74. The number of carbonyl (C=O) groups is 1. The van der Waals surface area contributed by atoms with Crippen molar-refractivity contribution in [1.29, 1.82) is 0 Å². The van der Waals surface area contributed by atoms with Crippen molar-refractivity contribution in [2.24, 2.45) is 0 Å². The quantitative estimate of drug-likeness (QED) is 0.775. The van der Waals surface area contributed by atoms with E-state index in [1.807, 2.05) is 18.2 Å². The number of hydrogen-bond acceptors (Lipinski definition) is 4. The van der Waals surface area contributed by atoms with Crippen LogP contribution in [0.25, 0.3) is 11.3 Å². The van der Waals surface area contributed by atoms with Crippen LogP contribution in [0.3, 0.4) is 0 Å². The first-order valence-corrected chi connectivity index (χ1v) is 5.74. The standard InChI is InChI=1S/C14H15NO3/c1-9(2)11-6-10(4-5-12(11)17-3)14-13(7-16)18-8-15-14/h4-9H,1-3H3. The zero-order valence-electron chi connectivity index (χ0n) is 10.6. The highest BCUT2D eigenvalue weighted by atomic mass is 16.5. The highest BCUT2D eigenvalue weighted by Crippen LogP contribution is 2.31. The van der Waals surface area contributed by atoms with Crippen molar-refractivity contribution in [3.05, 3.63) is 35.9 Å². The molecule has 0 saturated heterocycles. The highest BCUT2D eigenvalue weighted by Gasteiger charge is 2.14. The molecule has 0 aliphatic heterocycles. The lowest BCUT2D eigenvalue weighted by Gasteiger charge is -2.12. The number of rotatable bonds is 4. The SMILES string of the molecule is COc1ccc(-c2ncoc2C=O)cc1C(C)C. The summed E-state index contributed by atoms with van der Waals surface area (Å²) in [7, 11) is 1.65. The lowest BCUT2D eigenvalue weighted by atomic mass is 9.98. The Morgan fingerprint density at radius 2 is 2.17 bits per heavy atom. The van der Waals surface area contributed by atoms with Gasteiger partial charge in [-0.1, -0.05) is 13.8 Å². The van der Waals surface area contributed by atoms with Gasteiger partial charge in [-0.3, -0.25) is 4.79 Å². The first-order chi connectivity index (χ1) is 8.67. The van der Waals surface area contributed by atoms with E-state index >= 15 is 0 Å². The molecule has 0 fully saturated rings. The smallest absolute Gasteiger partial charge is 0.194 e. The summed E-state index contributed by atoms with van der Waals surface area (Å²) in [5, 5.41) is 0. The van der Waals surface area contributed by atoms with E-state index in [1.54, 1.807) is 7.11 Å². The summed E-state index contributed by atoms with van der Waals surface area (Å²) in [6.07, 6.45) is 1.94. The van der Waals surface area contributed by atoms with Crippen molar-refractivity contribution in [3.63, 3.8) is 0 Å². The Bertz CT molecular complexity index is 558. The molecule has 0 radical (unpaired) electrons. The molecule has 0 aliphatic rings. The zero-order chi connectivity index (χ0) is 13.1. The predicted molar refractivity (Wildman–Crippen MR) is 68.0 cm³/mol. The minimum atomic E-state index is 0.245. The third-order valence-electron chi connectivity index (χ3n) is 2.83. The van der Waals surface area contributed by atoms with Crippen molar-refractivity contribution in [1.82, 2.24) is 4.98 Å². The minimum absolute atomic E-state index is 0.245. The van der Waals surface area contributed by atoms with Crippen LogP contribution < -0.4 is 4.74 Å². The second-order valence-corrected chi connectivity index (χ2v) is 4.29. The van der Waals surface area contributed by atoms with Crippen molar-refractivity contribution >= 4 is 6.29 Å². The summed E-state index contributed by atoms with van der Waals surface area (Å²) in [4.78, 5) is 14.9. The molecule has 1 heterocycles. The van der Waals surface area contributed by atoms with E-state index < -0.39 is 0 Å². The van der Waals surface area contributed by atoms with E-state index in [2.05, 4.69) is 18.8 Å². The molecular formula is C14H15NO3. The van der Waals surface area contributed by atoms with Crippen LogP contribution in [0.5, 0.6) is 5.75 Å². The summed E-state index contributed by atoms with van der Waals surface area (Å²) < 4.78 is 10.3. The van der Waals surface area contributed by atoms with E-state index in [0.29, 0.717) is 17.9 Å². The Morgan fingerprint density at radius 1 is 1.39 bits per heavy atom. The van der Waals surface area contributed by atoms with Crippen LogP contribution in [0.2, 0.25) is 0 Å². The third kappa shape index (κ3) is 2.14. The largest absolute Gasteiger partial charge is 0.496 e. The number of aldehydes is 1. The van der Waals surface area contributed by atoms with Gasteiger partial charge in [0.2, 0.25) is 0 Å². The fourth-order valence-electron chi connectivity index (χ4n) is 1.89. The van der Waals surface area contributed by atoms with Gasteiger partial charge in [-0.15, -0.1) is 0 Å². The van der Waals surface area contributed by atoms with Gasteiger partial charge in [-0.2, -0.15) is 0 Å². The molecule has 1 aromatic carbocycles. The lowest BCUT2D eigenvalue weighted by molar-refractivity contribution is 0.110. The third-order valence-corrected chi connectivity index (χ3v) is 2.83. The average Bonchev–Trinajstić information content (AvgIpc) is 2.86. The Labute approximate surface area is 106 Å². The van der Waals surface area contributed by atoms with Gasteiger partial charge >= 0.3 is 0 Å². The summed E-state index contributed by atoms with van der Waals surface area (Å²) in [6.45, 7) is 4.18. The molecule has 18 heavy (non-hydrogen) atoms. The van der Waals surface area contributed by atoms with Gasteiger partial charge in [-0.25, -0.2) is 4.98 Å². The predicted octanol–water partition coefficient (Wildman–Crippen LogP) is 3.29. The van der Waals surface area contributed by atoms with E-state index in [1.165, 1.54) is 6.39 Å². The van der Waals surface area contributed by atoms with Gasteiger partial charge < -0.3 is 9.15 Å². The molecule has 0 spiro atoms. The number of hydrogen-bond donors (Lipinski definition) is 0. The maximum Gasteiger partial charge on any atom is 0.194 e. The molecule has 0 bridgehead atoms. The van der Waals surface area contributed by atoms with Gasteiger partial charge in [0.1, 0.15) is 11.4 Å². The van der Waals surface area contributed by atoms with Gasteiger partial charge in [0.15, 0.2) is 18.4 Å². The Balaban J connectivity index is 2.53. The topological polar surface area (TPSA) is 52.3 Å². The molecule has 2 aromatic rings. The van der Waals surface area contributed by atoms with Crippen LogP contribution in [-0.4, -0.2) is 18.4 Å². The molecule has 94 valence electrons. The van der Waals surface area contributed by atoms with Crippen LogP contribution in [0.4, 0.5) is 0 Å². The summed E-state index contributed by atoms with van der Waals surface area (Å²) in [5.41, 5.74) is 2.50. The molecular weight excluding hydrogens is 230 g/mol. The molecule has 0 unspecified atom stereocenters. The first kappa shape index (κ1) is 12.4. The highest BCUT2D eigenvalue weighted by molar-refractivity contribution is 5.82. The molecule has 2 rings (SSSR count). The van der Waals surface area contributed by atoms with E-state index in [-0.39, 0.29) is 5.76 Å². The van der Waals surface area contributed by atoms with E-state index in [9.17, 15) is 4.79 Å². The van der Waals surface area contributed by atoms with E-state index in [0.717, 1.165) is 16.9 Å². The molecule has 0 atom stereocenters. The van der Waals surface area contributed by atoms with Crippen LogP contribution >= 0.6 is 0 Å². The Hall–Kier alpha value is -2.10. The number of benzene rings is 1. The number of ether oxygens (including phenoxy) is 1. The average molecular weight is 245 g/mol. The summed E-state index contributed by atoms with van der Waals surface area (Å²) in [5.74, 6) is 1.41. The molecule has 4 heteroatoms. The fraction of sp³-hybridized carbons (Fsp3) is 0.286. The second-order valence-electron chi connectivity index (χ2n) is 4.29. The van der Waals surface area contributed by atoms with Gasteiger partial charge in [0.05, 0.1) is 7.11 Å². The van der Waals surface area contributed by atoms with E-state index in [4.69, 9.17) is 9.15 Å². The van der Waals surface area contributed by atoms with Crippen LogP contribution in [0, 0.1) is 0 Å². The molecule has 0 N–H and O–H groups in total. The van der Waals surface area contributed by atoms with Crippen LogP contribution in [0.1, 0.15) is 35.9 Å². The number of nitrogens with zero attached hydrogens (tertiary/aromatic N) is 1. The Morgan fingerprint density at radius 3 is 2.78 bits per heavy atom. The van der Waals surface area contributed by atoms with Gasteiger partial charge in [0, 0.05) is 5.56 Å². The normalized spacial score (nSPS) is 10.7. The monoisotopic (exact) mass is 245 g/mol.